The summed E-state index contributed by atoms with van der Waals surface area (Å²) in [4.78, 5) is 9.07. The van der Waals surface area contributed by atoms with Crippen molar-refractivity contribution in [3.05, 3.63) is 97.2 Å². The fourth-order valence-electron chi connectivity index (χ4n) is 3.76. The van der Waals surface area contributed by atoms with Crippen LogP contribution in [0.2, 0.25) is 0 Å². The lowest BCUT2D eigenvalue weighted by Crippen LogP contribution is -1.98. The van der Waals surface area contributed by atoms with Crippen LogP contribution in [-0.4, -0.2) is 21.1 Å². The topological polar surface area (TPSA) is 52.0 Å². The van der Waals surface area contributed by atoms with Crippen LogP contribution in [0, 0.1) is 5.82 Å². The Morgan fingerprint density at radius 1 is 0.938 bits per heavy atom. The second-order valence-electron chi connectivity index (χ2n) is 7.26. The summed E-state index contributed by atoms with van der Waals surface area (Å²) in [6.45, 7) is 2.58. The molecule has 0 unspecified atom stereocenters. The van der Waals surface area contributed by atoms with Crippen molar-refractivity contribution in [2.45, 2.75) is 6.92 Å². The quantitative estimate of drug-likeness (QED) is 0.344. The molecule has 0 saturated carbocycles. The van der Waals surface area contributed by atoms with Crippen LogP contribution in [0.3, 0.4) is 0 Å². The Morgan fingerprint density at radius 3 is 2.50 bits per heavy atom. The van der Waals surface area contributed by atoms with Crippen LogP contribution in [-0.2, 0) is 0 Å². The van der Waals surface area contributed by atoms with Gasteiger partial charge in [0.25, 0.3) is 0 Å². The maximum Gasteiger partial charge on any atom is 0.150 e. The van der Waals surface area contributed by atoms with Crippen molar-refractivity contribution in [3.63, 3.8) is 0 Å². The molecule has 3 aromatic carbocycles. The number of rotatable bonds is 6. The summed E-state index contributed by atoms with van der Waals surface area (Å²) in [6, 6.07) is 24.3. The average Bonchev–Trinajstić information content (AvgIpc) is 3.21. The highest BCUT2D eigenvalue weighted by atomic mass is 19.1. The van der Waals surface area contributed by atoms with Crippen LogP contribution in [0.5, 0.6) is 5.75 Å². The molecule has 5 rings (SSSR count). The molecule has 2 heterocycles. The van der Waals surface area contributed by atoms with Crippen LogP contribution < -0.4 is 10.1 Å². The largest absolute Gasteiger partial charge is 0.494 e. The fraction of sp³-hybridized carbons (Fsp3) is 0.0769. The maximum atomic E-state index is 13.8. The van der Waals surface area contributed by atoms with Crippen molar-refractivity contribution >= 4 is 22.5 Å². The number of nitrogens with zero attached hydrogens (tertiary/aromatic N) is 3. The van der Waals surface area contributed by atoms with E-state index >= 15 is 0 Å². The van der Waals surface area contributed by atoms with E-state index in [1.807, 2.05) is 60.0 Å². The van der Waals surface area contributed by atoms with Gasteiger partial charge in [0.15, 0.2) is 5.65 Å². The molecule has 1 N–H and O–H groups in total. The molecule has 0 atom stereocenters. The van der Waals surface area contributed by atoms with Gasteiger partial charge in [-0.05, 0) is 55.0 Å². The lowest BCUT2D eigenvalue weighted by molar-refractivity contribution is 0.340. The number of fused-ring (bicyclic) bond motifs is 1. The van der Waals surface area contributed by atoms with Gasteiger partial charge in [-0.1, -0.05) is 36.4 Å². The molecule has 32 heavy (non-hydrogen) atoms. The number of aromatic nitrogens is 3. The van der Waals surface area contributed by atoms with Crippen LogP contribution in [0.15, 0.2) is 91.4 Å². The molecule has 6 heteroatoms. The van der Waals surface area contributed by atoms with Crippen molar-refractivity contribution in [2.24, 2.45) is 0 Å². The summed E-state index contributed by atoms with van der Waals surface area (Å²) in [5.41, 5.74) is 4.35. The zero-order valence-electron chi connectivity index (χ0n) is 17.5. The van der Waals surface area contributed by atoms with Crippen LogP contribution in [0.1, 0.15) is 6.92 Å². The standard InChI is InChI=1S/C26H21FN4O/c1-2-32-22-13-11-21(12-14-22)31-16-23(18-7-4-3-5-8-18)24-25(28-17-29-26(24)31)30-20-10-6-9-19(27)15-20/h3-17H,2H2,1H3,(H,28,29,30). The highest BCUT2D eigenvalue weighted by Crippen LogP contribution is 2.36. The molecule has 158 valence electrons. The Kier molecular flexibility index (Phi) is 5.25. The average molecular weight is 424 g/mol. The van der Waals surface area contributed by atoms with E-state index in [-0.39, 0.29) is 5.82 Å². The molecule has 0 saturated heterocycles. The number of hydrogen-bond acceptors (Lipinski definition) is 4. The Morgan fingerprint density at radius 2 is 1.75 bits per heavy atom. The minimum Gasteiger partial charge on any atom is -0.494 e. The molecule has 0 bridgehead atoms. The van der Waals surface area contributed by atoms with Crippen molar-refractivity contribution < 1.29 is 9.13 Å². The van der Waals surface area contributed by atoms with Crippen LogP contribution in [0.4, 0.5) is 15.9 Å². The van der Waals surface area contributed by atoms with Crippen molar-refractivity contribution in [2.75, 3.05) is 11.9 Å². The first-order valence-electron chi connectivity index (χ1n) is 10.4. The third-order valence-corrected chi connectivity index (χ3v) is 5.18. The lowest BCUT2D eigenvalue weighted by atomic mass is 10.1. The Bertz CT molecular complexity index is 1360. The van der Waals surface area contributed by atoms with E-state index in [0.717, 1.165) is 33.6 Å². The van der Waals surface area contributed by atoms with Gasteiger partial charge >= 0.3 is 0 Å². The summed E-state index contributed by atoms with van der Waals surface area (Å²) in [6.07, 6.45) is 3.57. The molecule has 0 aliphatic rings. The van der Waals surface area contributed by atoms with E-state index in [4.69, 9.17) is 4.74 Å². The third-order valence-electron chi connectivity index (χ3n) is 5.18. The van der Waals surface area contributed by atoms with Gasteiger partial charge in [-0.25, -0.2) is 14.4 Å². The van der Waals surface area contributed by atoms with Gasteiger partial charge in [-0.15, -0.1) is 0 Å². The third kappa shape index (κ3) is 3.78. The number of halogens is 1. The molecule has 5 aromatic rings. The van der Waals surface area contributed by atoms with Gasteiger partial charge < -0.3 is 14.6 Å². The second kappa shape index (κ2) is 8.51. The first-order valence-corrected chi connectivity index (χ1v) is 10.4. The number of anilines is 2. The summed E-state index contributed by atoms with van der Waals surface area (Å²) in [5, 5.41) is 4.12. The normalized spacial score (nSPS) is 10.9. The number of benzene rings is 3. The van der Waals surface area contributed by atoms with E-state index in [0.29, 0.717) is 18.1 Å². The zero-order chi connectivity index (χ0) is 21.9. The fourth-order valence-corrected chi connectivity index (χ4v) is 3.76. The molecular weight excluding hydrogens is 403 g/mol. The van der Waals surface area contributed by atoms with Crippen molar-refractivity contribution in [1.82, 2.24) is 14.5 Å². The smallest absolute Gasteiger partial charge is 0.150 e. The van der Waals surface area contributed by atoms with Gasteiger partial charge in [-0.2, -0.15) is 0 Å². The van der Waals surface area contributed by atoms with E-state index in [9.17, 15) is 4.39 Å². The molecule has 0 fully saturated rings. The molecule has 2 aromatic heterocycles. The molecule has 0 amide bonds. The van der Waals surface area contributed by atoms with Gasteiger partial charge in [0.05, 0.1) is 12.0 Å². The number of hydrogen-bond donors (Lipinski definition) is 1. The summed E-state index contributed by atoms with van der Waals surface area (Å²) in [7, 11) is 0. The first kappa shape index (κ1) is 19.8. The summed E-state index contributed by atoms with van der Waals surface area (Å²) < 4.78 is 21.4. The zero-order valence-corrected chi connectivity index (χ0v) is 17.5. The van der Waals surface area contributed by atoms with E-state index in [1.54, 1.807) is 6.07 Å². The van der Waals surface area contributed by atoms with Crippen molar-refractivity contribution in [1.29, 1.82) is 0 Å². The molecule has 0 radical (unpaired) electrons. The highest BCUT2D eigenvalue weighted by molar-refractivity contribution is 6.03. The first-order chi connectivity index (χ1) is 15.7. The second-order valence-corrected chi connectivity index (χ2v) is 7.26. The number of ether oxygens (including phenoxy) is 1. The molecular formula is C26H21FN4O. The molecule has 0 spiro atoms. The highest BCUT2D eigenvalue weighted by Gasteiger charge is 2.17. The minimum absolute atomic E-state index is 0.310. The summed E-state index contributed by atoms with van der Waals surface area (Å²) >= 11 is 0. The van der Waals surface area contributed by atoms with Crippen LogP contribution >= 0.6 is 0 Å². The molecule has 0 aliphatic heterocycles. The summed E-state index contributed by atoms with van der Waals surface area (Å²) in [5.74, 6) is 1.12. The Labute approximate surface area is 185 Å². The maximum absolute atomic E-state index is 13.8. The molecule has 0 aliphatic carbocycles. The predicted octanol–water partition coefficient (Wildman–Crippen LogP) is 6.37. The van der Waals surface area contributed by atoms with E-state index in [1.165, 1.54) is 18.5 Å². The van der Waals surface area contributed by atoms with Crippen LogP contribution in [0.25, 0.3) is 27.8 Å². The number of nitrogens with one attached hydrogen (secondary N) is 1. The monoisotopic (exact) mass is 424 g/mol. The lowest BCUT2D eigenvalue weighted by Gasteiger charge is -2.09. The van der Waals surface area contributed by atoms with E-state index in [2.05, 4.69) is 33.6 Å². The SMILES string of the molecule is CCOc1ccc(-n2cc(-c3ccccc3)c3c(Nc4cccc(F)c4)ncnc32)cc1. The minimum atomic E-state index is -0.310. The van der Waals surface area contributed by atoms with Gasteiger partial charge in [0.2, 0.25) is 0 Å². The Balaban J connectivity index is 1.69. The Hall–Kier alpha value is -4.19. The van der Waals surface area contributed by atoms with Crippen molar-refractivity contribution in [3.8, 4) is 22.6 Å². The van der Waals surface area contributed by atoms with Gasteiger partial charge in [0.1, 0.15) is 23.7 Å². The molecule has 5 nitrogen and oxygen atoms in total. The van der Waals surface area contributed by atoms with E-state index < -0.39 is 0 Å². The predicted molar refractivity (Wildman–Crippen MR) is 125 cm³/mol. The van der Waals surface area contributed by atoms with Gasteiger partial charge in [0, 0.05) is 23.1 Å². The van der Waals surface area contributed by atoms with Gasteiger partial charge in [-0.3, -0.25) is 0 Å².